The predicted molar refractivity (Wildman–Crippen MR) is 172 cm³/mol. The van der Waals surface area contributed by atoms with E-state index in [9.17, 15) is 9.59 Å². The second-order valence-corrected chi connectivity index (χ2v) is 10.4. The first-order valence-electron chi connectivity index (χ1n) is 15.6. The van der Waals surface area contributed by atoms with Gasteiger partial charge in [-0.3, -0.25) is 9.59 Å². The summed E-state index contributed by atoms with van der Waals surface area (Å²) in [6.45, 7) is 5.57. The zero-order chi connectivity index (χ0) is 31.0. The van der Waals surface area contributed by atoms with E-state index < -0.39 is 0 Å². The third-order valence-electron chi connectivity index (χ3n) is 7.02. The summed E-state index contributed by atoms with van der Waals surface area (Å²) in [6.07, 6.45) is 5.94. The number of nitrogens with zero attached hydrogens (tertiary/aromatic N) is 2. The van der Waals surface area contributed by atoms with Gasteiger partial charge in [-0.05, 0) is 81.3 Å². The molecule has 3 aromatic carbocycles. The highest BCUT2D eigenvalue weighted by molar-refractivity contribution is 5.87. The van der Waals surface area contributed by atoms with Gasteiger partial charge in [-0.15, -0.1) is 0 Å². The maximum absolute atomic E-state index is 11.6. The minimum Gasteiger partial charge on any atom is -0.494 e. The highest BCUT2D eigenvalue weighted by atomic mass is 16.5. The fourth-order valence-corrected chi connectivity index (χ4v) is 4.77. The van der Waals surface area contributed by atoms with Gasteiger partial charge >= 0.3 is 11.9 Å². The molecule has 0 bridgehead atoms. The standard InChI is InChI=1S/C36H42N2O6/c1-3-41-34(39)16-10-6-12-22-43-31-21-20-28-24-30(19-18-29(28)25-31)36-37-32(27-14-8-5-9-15-27)26-33(38-36)44-23-13-7-11-17-35(40)42-4-2/h5,8-9,14-15,18-21,24-26H,3-4,6-7,10-13,16-17,22-23H2,1-2H3. The van der Waals surface area contributed by atoms with Gasteiger partial charge in [-0.2, -0.15) is 4.98 Å². The van der Waals surface area contributed by atoms with Crippen molar-refractivity contribution in [3.63, 3.8) is 0 Å². The number of hydrogen-bond acceptors (Lipinski definition) is 8. The number of carbonyl (C=O) groups is 2. The summed E-state index contributed by atoms with van der Waals surface area (Å²) >= 11 is 0. The number of fused-ring (bicyclic) bond motifs is 1. The number of hydrogen-bond donors (Lipinski definition) is 0. The van der Waals surface area contributed by atoms with Crippen molar-refractivity contribution < 1.29 is 28.5 Å². The Balaban J connectivity index is 1.39. The van der Waals surface area contributed by atoms with Crippen LogP contribution >= 0.6 is 0 Å². The van der Waals surface area contributed by atoms with E-state index >= 15 is 0 Å². The van der Waals surface area contributed by atoms with Gasteiger partial charge in [-0.25, -0.2) is 4.98 Å². The molecule has 0 aliphatic heterocycles. The Bertz CT molecular complexity index is 1490. The van der Waals surface area contributed by atoms with Crippen molar-refractivity contribution in [2.75, 3.05) is 26.4 Å². The van der Waals surface area contributed by atoms with E-state index in [0.29, 0.717) is 51.0 Å². The number of carbonyl (C=O) groups excluding carboxylic acids is 2. The van der Waals surface area contributed by atoms with Crippen LogP contribution in [0, 0.1) is 0 Å². The number of rotatable bonds is 18. The molecule has 4 aromatic rings. The monoisotopic (exact) mass is 598 g/mol. The molecule has 0 radical (unpaired) electrons. The molecule has 0 amide bonds. The molecule has 0 saturated carbocycles. The zero-order valence-corrected chi connectivity index (χ0v) is 25.8. The topological polar surface area (TPSA) is 96.8 Å². The maximum Gasteiger partial charge on any atom is 0.305 e. The summed E-state index contributed by atoms with van der Waals surface area (Å²) in [5.74, 6) is 1.64. The molecular weight excluding hydrogens is 556 g/mol. The van der Waals surface area contributed by atoms with Crippen LogP contribution in [0.15, 0.2) is 72.8 Å². The Labute approximate surface area is 259 Å². The van der Waals surface area contributed by atoms with Crippen LogP contribution in [0.25, 0.3) is 33.4 Å². The van der Waals surface area contributed by atoms with E-state index in [2.05, 4.69) is 12.1 Å². The number of benzene rings is 3. The molecular formula is C36H42N2O6. The normalized spacial score (nSPS) is 10.9. The molecule has 44 heavy (non-hydrogen) atoms. The van der Waals surface area contributed by atoms with Crippen molar-refractivity contribution in [1.82, 2.24) is 9.97 Å². The van der Waals surface area contributed by atoms with Gasteiger partial charge in [0.25, 0.3) is 0 Å². The van der Waals surface area contributed by atoms with Gasteiger partial charge in [0.15, 0.2) is 5.82 Å². The number of ether oxygens (including phenoxy) is 4. The van der Waals surface area contributed by atoms with Gasteiger partial charge in [-0.1, -0.05) is 48.5 Å². The first-order chi connectivity index (χ1) is 21.6. The quantitative estimate of drug-likeness (QED) is 0.0840. The molecule has 0 atom stereocenters. The van der Waals surface area contributed by atoms with E-state index in [1.807, 2.05) is 74.5 Å². The van der Waals surface area contributed by atoms with Crippen LogP contribution in [0.4, 0.5) is 0 Å². The minimum absolute atomic E-state index is 0.136. The van der Waals surface area contributed by atoms with Crippen LogP contribution < -0.4 is 9.47 Å². The highest BCUT2D eigenvalue weighted by Crippen LogP contribution is 2.29. The van der Waals surface area contributed by atoms with Crippen LogP contribution in [-0.2, 0) is 19.1 Å². The lowest BCUT2D eigenvalue weighted by Crippen LogP contribution is -2.05. The first-order valence-corrected chi connectivity index (χ1v) is 15.6. The predicted octanol–water partition coefficient (Wildman–Crippen LogP) is 7.97. The van der Waals surface area contributed by atoms with Crippen molar-refractivity contribution in [1.29, 1.82) is 0 Å². The Kier molecular flexibility index (Phi) is 13.0. The molecule has 232 valence electrons. The highest BCUT2D eigenvalue weighted by Gasteiger charge is 2.11. The van der Waals surface area contributed by atoms with Crippen LogP contribution in [-0.4, -0.2) is 48.3 Å². The second-order valence-electron chi connectivity index (χ2n) is 10.4. The Morgan fingerprint density at radius 1 is 0.614 bits per heavy atom. The van der Waals surface area contributed by atoms with E-state index in [0.717, 1.165) is 71.9 Å². The minimum atomic E-state index is -0.153. The summed E-state index contributed by atoms with van der Waals surface area (Å²) in [5.41, 5.74) is 2.67. The molecule has 0 spiro atoms. The molecule has 0 N–H and O–H groups in total. The molecule has 0 aliphatic rings. The zero-order valence-electron chi connectivity index (χ0n) is 25.8. The smallest absolute Gasteiger partial charge is 0.305 e. The lowest BCUT2D eigenvalue weighted by Gasteiger charge is -2.11. The number of unbranched alkanes of at least 4 members (excludes halogenated alkanes) is 4. The molecule has 8 heteroatoms. The van der Waals surface area contributed by atoms with Crippen molar-refractivity contribution >= 4 is 22.7 Å². The molecule has 1 heterocycles. The van der Waals surface area contributed by atoms with Gasteiger partial charge in [0.1, 0.15) is 5.75 Å². The summed E-state index contributed by atoms with van der Waals surface area (Å²) in [6, 6.07) is 24.1. The Morgan fingerprint density at radius 2 is 1.25 bits per heavy atom. The molecule has 8 nitrogen and oxygen atoms in total. The fraction of sp³-hybridized carbons (Fsp3) is 0.389. The van der Waals surface area contributed by atoms with Gasteiger partial charge < -0.3 is 18.9 Å². The van der Waals surface area contributed by atoms with E-state index in [1.54, 1.807) is 0 Å². The number of esters is 2. The van der Waals surface area contributed by atoms with Crippen molar-refractivity contribution in [3.8, 4) is 34.3 Å². The molecule has 0 aliphatic carbocycles. The van der Waals surface area contributed by atoms with Crippen LogP contribution in [0.1, 0.15) is 65.2 Å². The SMILES string of the molecule is CCOC(=O)CCCCCOc1ccc2cc(-c3nc(OCCCCCC(=O)OCC)cc(-c4ccccc4)n3)ccc2c1. The third-order valence-corrected chi connectivity index (χ3v) is 7.02. The summed E-state index contributed by atoms with van der Waals surface area (Å²) < 4.78 is 22.0. The molecule has 4 rings (SSSR count). The van der Waals surface area contributed by atoms with Crippen molar-refractivity contribution in [2.45, 2.75) is 65.2 Å². The molecule has 1 aromatic heterocycles. The van der Waals surface area contributed by atoms with E-state index in [1.165, 1.54) is 0 Å². The van der Waals surface area contributed by atoms with E-state index in [4.69, 9.17) is 28.9 Å². The second kappa shape index (κ2) is 17.6. The van der Waals surface area contributed by atoms with E-state index in [-0.39, 0.29) is 11.9 Å². The fourth-order valence-electron chi connectivity index (χ4n) is 4.77. The lowest BCUT2D eigenvalue weighted by molar-refractivity contribution is -0.144. The average molecular weight is 599 g/mol. The number of aromatic nitrogens is 2. The lowest BCUT2D eigenvalue weighted by atomic mass is 10.1. The van der Waals surface area contributed by atoms with Gasteiger partial charge in [0, 0.05) is 30.0 Å². The van der Waals surface area contributed by atoms with Crippen molar-refractivity contribution in [2.24, 2.45) is 0 Å². The largest absolute Gasteiger partial charge is 0.494 e. The summed E-state index contributed by atoms with van der Waals surface area (Å²) in [7, 11) is 0. The summed E-state index contributed by atoms with van der Waals surface area (Å²) in [4.78, 5) is 32.7. The van der Waals surface area contributed by atoms with Gasteiger partial charge in [0.05, 0.1) is 32.1 Å². The van der Waals surface area contributed by atoms with Crippen LogP contribution in [0.5, 0.6) is 11.6 Å². The Morgan fingerprint density at radius 3 is 1.93 bits per heavy atom. The maximum atomic E-state index is 11.6. The summed E-state index contributed by atoms with van der Waals surface area (Å²) in [5, 5.41) is 2.12. The third kappa shape index (κ3) is 10.4. The van der Waals surface area contributed by atoms with Crippen LogP contribution in [0.3, 0.4) is 0 Å². The van der Waals surface area contributed by atoms with Crippen LogP contribution in [0.2, 0.25) is 0 Å². The van der Waals surface area contributed by atoms with Crippen molar-refractivity contribution in [3.05, 3.63) is 72.8 Å². The molecule has 0 saturated heterocycles. The first kappa shape index (κ1) is 32.5. The molecule has 0 fully saturated rings. The van der Waals surface area contributed by atoms with Gasteiger partial charge in [0.2, 0.25) is 5.88 Å². The average Bonchev–Trinajstić information content (AvgIpc) is 3.04. The molecule has 0 unspecified atom stereocenters. The Hall–Kier alpha value is -4.46.